The minimum absolute atomic E-state index is 0.201. The molecule has 0 unspecified atom stereocenters. The third-order valence-electron chi connectivity index (χ3n) is 3.86. The second-order valence-electron chi connectivity index (χ2n) is 5.22. The van der Waals surface area contributed by atoms with Crippen molar-refractivity contribution in [2.24, 2.45) is 17.6 Å². The lowest BCUT2D eigenvalue weighted by molar-refractivity contribution is -0.313. The molecule has 0 saturated heterocycles. The van der Waals surface area contributed by atoms with Gasteiger partial charge in [0.25, 0.3) is 5.91 Å². The maximum absolute atomic E-state index is 12.3. The summed E-state index contributed by atoms with van der Waals surface area (Å²) in [6.07, 6.45) is 2.53. The first-order valence-corrected chi connectivity index (χ1v) is 6.91. The maximum atomic E-state index is 12.3. The van der Waals surface area contributed by atoms with E-state index in [1.807, 2.05) is 0 Å². The Balaban J connectivity index is 2.17. The molecule has 1 aromatic carbocycles. The van der Waals surface area contributed by atoms with E-state index in [0.29, 0.717) is 18.5 Å². The van der Waals surface area contributed by atoms with Crippen LogP contribution in [0.1, 0.15) is 36.0 Å². The molecule has 112 valence electrons. The minimum atomic E-state index is -1.20. The summed E-state index contributed by atoms with van der Waals surface area (Å²) in [5.74, 6) is -3.66. The quantitative estimate of drug-likeness (QED) is 0.828. The number of para-hydroxylation sites is 1. The molecule has 2 atom stereocenters. The van der Waals surface area contributed by atoms with Gasteiger partial charge in [-0.2, -0.15) is 0 Å². The molecule has 3 N–H and O–H groups in total. The summed E-state index contributed by atoms with van der Waals surface area (Å²) in [6.45, 7) is 0. The molecule has 1 aliphatic rings. The minimum Gasteiger partial charge on any atom is -0.550 e. The normalized spacial score (nSPS) is 21.5. The second-order valence-corrected chi connectivity index (χ2v) is 5.22. The van der Waals surface area contributed by atoms with Crippen molar-refractivity contribution in [1.29, 1.82) is 0 Å². The predicted octanol–water partition coefficient (Wildman–Crippen LogP) is 0.280. The average Bonchev–Trinajstić information content (AvgIpc) is 2.47. The average molecular weight is 289 g/mol. The molecule has 1 aromatic rings. The number of amides is 2. The van der Waals surface area contributed by atoms with Gasteiger partial charge in [0.1, 0.15) is 0 Å². The number of hydrogen-bond acceptors (Lipinski definition) is 4. The van der Waals surface area contributed by atoms with E-state index in [4.69, 9.17) is 5.73 Å². The van der Waals surface area contributed by atoms with Crippen LogP contribution < -0.4 is 16.2 Å². The van der Waals surface area contributed by atoms with Crippen molar-refractivity contribution < 1.29 is 19.5 Å². The Labute approximate surface area is 122 Å². The highest BCUT2D eigenvalue weighted by Crippen LogP contribution is 2.31. The van der Waals surface area contributed by atoms with Gasteiger partial charge in [-0.15, -0.1) is 0 Å². The van der Waals surface area contributed by atoms with Crippen LogP contribution in [0.2, 0.25) is 0 Å². The van der Waals surface area contributed by atoms with Crippen molar-refractivity contribution in [1.82, 2.24) is 0 Å². The molecule has 0 radical (unpaired) electrons. The molecule has 0 aromatic heterocycles. The monoisotopic (exact) mass is 289 g/mol. The zero-order valence-corrected chi connectivity index (χ0v) is 11.5. The summed E-state index contributed by atoms with van der Waals surface area (Å²) >= 11 is 0. The molecule has 6 nitrogen and oxygen atoms in total. The van der Waals surface area contributed by atoms with Gasteiger partial charge in [0.15, 0.2) is 0 Å². The molecule has 0 spiro atoms. The number of nitrogens with one attached hydrogen (secondary N) is 1. The highest BCUT2D eigenvalue weighted by Gasteiger charge is 2.32. The van der Waals surface area contributed by atoms with Gasteiger partial charge in [-0.3, -0.25) is 9.59 Å². The Morgan fingerprint density at radius 3 is 2.33 bits per heavy atom. The molecular formula is C15H17N2O4-. The number of carboxylic acids is 1. The van der Waals surface area contributed by atoms with E-state index in [1.54, 1.807) is 18.2 Å². The van der Waals surface area contributed by atoms with E-state index in [0.717, 1.165) is 12.8 Å². The lowest BCUT2D eigenvalue weighted by atomic mass is 9.78. The van der Waals surface area contributed by atoms with Crippen LogP contribution in [0.4, 0.5) is 5.69 Å². The van der Waals surface area contributed by atoms with Crippen LogP contribution in [0.25, 0.3) is 0 Å². The van der Waals surface area contributed by atoms with Crippen LogP contribution in [0.3, 0.4) is 0 Å². The summed E-state index contributed by atoms with van der Waals surface area (Å²) in [4.78, 5) is 34.8. The van der Waals surface area contributed by atoms with Crippen LogP contribution in [-0.2, 0) is 9.59 Å². The van der Waals surface area contributed by atoms with E-state index in [-0.39, 0.29) is 5.56 Å². The topological polar surface area (TPSA) is 112 Å². The Bertz CT molecular complexity index is 571. The Morgan fingerprint density at radius 2 is 1.71 bits per heavy atom. The fraction of sp³-hybridized carbons (Fsp3) is 0.400. The second kappa shape index (κ2) is 6.39. The molecule has 1 aliphatic carbocycles. The van der Waals surface area contributed by atoms with Crippen LogP contribution in [-0.4, -0.2) is 17.8 Å². The Morgan fingerprint density at radius 1 is 1.10 bits per heavy atom. The van der Waals surface area contributed by atoms with Crippen LogP contribution in [0.5, 0.6) is 0 Å². The van der Waals surface area contributed by atoms with Crippen molar-refractivity contribution in [2.75, 3.05) is 5.32 Å². The first-order chi connectivity index (χ1) is 10.0. The highest BCUT2D eigenvalue weighted by atomic mass is 16.4. The molecule has 2 rings (SSSR count). The largest absolute Gasteiger partial charge is 0.550 e. The van der Waals surface area contributed by atoms with Gasteiger partial charge in [0, 0.05) is 17.8 Å². The fourth-order valence-electron chi connectivity index (χ4n) is 2.76. The highest BCUT2D eigenvalue weighted by molar-refractivity contribution is 6.04. The van der Waals surface area contributed by atoms with Crippen LogP contribution in [0.15, 0.2) is 24.3 Å². The SMILES string of the molecule is NC(=O)c1ccccc1NC(=O)[C@H]1CCCC[C@H]1C(=O)[O-]. The van der Waals surface area contributed by atoms with E-state index >= 15 is 0 Å². The number of carboxylic acid groups (broad SMARTS) is 1. The number of rotatable bonds is 4. The summed E-state index contributed by atoms with van der Waals surface area (Å²) in [5, 5.41) is 13.7. The van der Waals surface area contributed by atoms with Crippen molar-refractivity contribution in [3.05, 3.63) is 29.8 Å². The van der Waals surface area contributed by atoms with Gasteiger partial charge in [-0.25, -0.2) is 0 Å². The molecular weight excluding hydrogens is 272 g/mol. The van der Waals surface area contributed by atoms with Crippen molar-refractivity contribution >= 4 is 23.5 Å². The maximum Gasteiger partial charge on any atom is 0.250 e. The molecule has 6 heteroatoms. The van der Waals surface area contributed by atoms with Gasteiger partial charge >= 0.3 is 0 Å². The van der Waals surface area contributed by atoms with E-state index < -0.39 is 29.6 Å². The number of benzene rings is 1. The zero-order chi connectivity index (χ0) is 15.4. The van der Waals surface area contributed by atoms with Gasteiger partial charge in [-0.1, -0.05) is 25.0 Å². The number of primary amides is 1. The lowest BCUT2D eigenvalue weighted by Gasteiger charge is -2.31. The van der Waals surface area contributed by atoms with E-state index in [2.05, 4.69) is 5.32 Å². The number of carbonyl (C=O) groups excluding carboxylic acids is 3. The molecule has 0 bridgehead atoms. The van der Waals surface area contributed by atoms with Crippen molar-refractivity contribution in [3.8, 4) is 0 Å². The van der Waals surface area contributed by atoms with E-state index in [1.165, 1.54) is 6.07 Å². The molecule has 1 fully saturated rings. The van der Waals surface area contributed by atoms with Gasteiger partial charge in [0.05, 0.1) is 11.3 Å². The Hall–Kier alpha value is -2.37. The van der Waals surface area contributed by atoms with Crippen molar-refractivity contribution in [3.63, 3.8) is 0 Å². The van der Waals surface area contributed by atoms with Crippen LogP contribution in [0, 0.1) is 11.8 Å². The van der Waals surface area contributed by atoms with Crippen molar-refractivity contribution in [2.45, 2.75) is 25.7 Å². The third-order valence-corrected chi connectivity index (χ3v) is 3.86. The molecule has 1 saturated carbocycles. The summed E-state index contributed by atoms with van der Waals surface area (Å²) < 4.78 is 0. The van der Waals surface area contributed by atoms with Crippen LogP contribution >= 0.6 is 0 Å². The lowest BCUT2D eigenvalue weighted by Crippen LogP contribution is -2.42. The van der Waals surface area contributed by atoms with Gasteiger partial charge in [-0.05, 0) is 25.0 Å². The predicted molar refractivity (Wildman–Crippen MR) is 74.0 cm³/mol. The smallest absolute Gasteiger partial charge is 0.250 e. The summed E-state index contributed by atoms with van der Waals surface area (Å²) in [5.41, 5.74) is 5.75. The molecule has 21 heavy (non-hydrogen) atoms. The first kappa shape index (κ1) is 15.0. The number of hydrogen-bond donors (Lipinski definition) is 2. The third kappa shape index (κ3) is 3.39. The molecule has 0 heterocycles. The van der Waals surface area contributed by atoms with E-state index in [9.17, 15) is 19.5 Å². The standard InChI is InChI=1S/C15H18N2O4/c16-13(18)11-7-3-4-8-12(11)17-14(19)9-5-1-2-6-10(9)15(20)21/h3-4,7-10H,1-2,5-6H2,(H2,16,18)(H,17,19)(H,20,21)/p-1/t9-,10+/m0/s1. The molecule has 2 amide bonds. The number of nitrogens with two attached hydrogens (primary N) is 1. The Kier molecular flexibility index (Phi) is 4.57. The summed E-state index contributed by atoms with van der Waals surface area (Å²) in [7, 11) is 0. The number of anilines is 1. The molecule has 0 aliphatic heterocycles. The number of carbonyl (C=O) groups is 3. The van der Waals surface area contributed by atoms with Gasteiger partial charge < -0.3 is 21.0 Å². The summed E-state index contributed by atoms with van der Waals surface area (Å²) in [6, 6.07) is 6.38. The zero-order valence-electron chi connectivity index (χ0n) is 11.5. The number of aliphatic carboxylic acids is 1. The first-order valence-electron chi connectivity index (χ1n) is 6.91. The fourth-order valence-corrected chi connectivity index (χ4v) is 2.76. The van der Waals surface area contributed by atoms with Gasteiger partial charge in [0.2, 0.25) is 5.91 Å².